The number of aliphatic hydroxyl groups is 1. The maximum absolute atomic E-state index is 12.5. The quantitative estimate of drug-likeness (QED) is 0.485. The van der Waals surface area contributed by atoms with Gasteiger partial charge in [-0.2, -0.15) is 0 Å². The average Bonchev–Trinajstić information content (AvgIpc) is 3.45. The Kier molecular flexibility index (Phi) is 7.09. The third kappa shape index (κ3) is 6.01. The first-order chi connectivity index (χ1) is 15.2. The molecule has 2 atom stereocenters. The van der Waals surface area contributed by atoms with Gasteiger partial charge in [-0.25, -0.2) is 4.79 Å². The van der Waals surface area contributed by atoms with Gasteiger partial charge in [0, 0.05) is 29.4 Å². The summed E-state index contributed by atoms with van der Waals surface area (Å²) in [7, 11) is 0. The van der Waals surface area contributed by atoms with E-state index in [0.29, 0.717) is 17.8 Å². The summed E-state index contributed by atoms with van der Waals surface area (Å²) in [6.07, 6.45) is 1.30. The van der Waals surface area contributed by atoms with Gasteiger partial charge in [0.15, 0.2) is 0 Å². The van der Waals surface area contributed by atoms with Crippen LogP contribution < -0.4 is 16.0 Å². The molecular formula is C25H33N3O4. The fourth-order valence-corrected chi connectivity index (χ4v) is 3.81. The molecule has 172 valence electrons. The van der Waals surface area contributed by atoms with E-state index in [1.807, 2.05) is 57.2 Å². The van der Waals surface area contributed by atoms with Crippen molar-refractivity contribution >= 4 is 23.4 Å². The summed E-state index contributed by atoms with van der Waals surface area (Å²) < 4.78 is 5.42. The first kappa shape index (κ1) is 23.6. The van der Waals surface area contributed by atoms with Crippen LogP contribution in [0, 0.1) is 0 Å². The smallest absolute Gasteiger partial charge is 0.408 e. The van der Waals surface area contributed by atoms with E-state index >= 15 is 0 Å². The minimum atomic E-state index is -0.528. The van der Waals surface area contributed by atoms with Crippen LogP contribution in [0.4, 0.5) is 16.2 Å². The lowest BCUT2D eigenvalue weighted by Crippen LogP contribution is -2.41. The van der Waals surface area contributed by atoms with E-state index in [1.165, 1.54) is 0 Å². The standard InChI is InChI=1S/C25H33N3O4/c1-5-25(28-23(31)32-24(2,3)4)16-21(25)17-6-12-20(13-7-17)27-22(30)18-8-10-19(11-9-18)26-14-15-29/h6-13,21,26,29H,5,14-16H2,1-4H3,(H,27,30)(H,28,31). The zero-order valence-corrected chi connectivity index (χ0v) is 19.2. The van der Waals surface area contributed by atoms with Gasteiger partial charge in [-0.3, -0.25) is 4.79 Å². The van der Waals surface area contributed by atoms with Crippen molar-refractivity contribution in [2.75, 3.05) is 23.8 Å². The number of carbonyl (C=O) groups is 2. The fraction of sp³-hybridized carbons (Fsp3) is 0.440. The normalized spacial score (nSPS) is 19.7. The third-order valence-electron chi connectivity index (χ3n) is 5.62. The summed E-state index contributed by atoms with van der Waals surface area (Å²) in [6.45, 7) is 8.14. The van der Waals surface area contributed by atoms with Crippen LogP contribution >= 0.6 is 0 Å². The molecule has 0 saturated heterocycles. The number of hydrogen-bond acceptors (Lipinski definition) is 5. The Bertz CT molecular complexity index is 935. The monoisotopic (exact) mass is 439 g/mol. The molecule has 4 N–H and O–H groups in total. The second-order valence-electron chi connectivity index (χ2n) is 9.20. The zero-order valence-electron chi connectivity index (χ0n) is 19.2. The van der Waals surface area contributed by atoms with Gasteiger partial charge >= 0.3 is 6.09 Å². The van der Waals surface area contributed by atoms with Crippen LogP contribution in [0.25, 0.3) is 0 Å². The molecule has 1 fully saturated rings. The Morgan fingerprint density at radius 2 is 1.69 bits per heavy atom. The van der Waals surface area contributed by atoms with E-state index in [4.69, 9.17) is 9.84 Å². The second kappa shape index (κ2) is 9.61. The maximum Gasteiger partial charge on any atom is 0.408 e. The second-order valence-corrected chi connectivity index (χ2v) is 9.20. The highest BCUT2D eigenvalue weighted by Gasteiger charge is 2.55. The van der Waals surface area contributed by atoms with Crippen molar-refractivity contribution in [1.29, 1.82) is 0 Å². The molecule has 7 nitrogen and oxygen atoms in total. The number of aliphatic hydroxyl groups excluding tert-OH is 1. The first-order valence-corrected chi connectivity index (χ1v) is 11.0. The third-order valence-corrected chi connectivity index (χ3v) is 5.62. The number of carbonyl (C=O) groups excluding carboxylic acids is 2. The lowest BCUT2D eigenvalue weighted by atomic mass is 10.0. The van der Waals surface area contributed by atoms with Crippen molar-refractivity contribution in [2.45, 2.75) is 57.6 Å². The molecule has 2 amide bonds. The predicted octanol–water partition coefficient (Wildman–Crippen LogP) is 4.50. The molecule has 1 saturated carbocycles. The first-order valence-electron chi connectivity index (χ1n) is 11.0. The molecule has 32 heavy (non-hydrogen) atoms. The summed E-state index contributed by atoms with van der Waals surface area (Å²) in [4.78, 5) is 24.8. The van der Waals surface area contributed by atoms with Crippen molar-refractivity contribution < 1.29 is 19.4 Å². The number of hydrogen-bond donors (Lipinski definition) is 4. The zero-order chi connectivity index (χ0) is 23.4. The van der Waals surface area contributed by atoms with Gasteiger partial charge in [0.05, 0.1) is 12.1 Å². The topological polar surface area (TPSA) is 99.7 Å². The Labute approximate surface area is 189 Å². The van der Waals surface area contributed by atoms with Gasteiger partial charge in [0.25, 0.3) is 5.91 Å². The molecule has 2 aromatic rings. The molecule has 0 aromatic heterocycles. The van der Waals surface area contributed by atoms with Gasteiger partial charge in [-0.1, -0.05) is 19.1 Å². The minimum absolute atomic E-state index is 0.0511. The molecular weight excluding hydrogens is 406 g/mol. The number of nitrogens with one attached hydrogen (secondary N) is 3. The van der Waals surface area contributed by atoms with Crippen LogP contribution in [-0.2, 0) is 4.74 Å². The molecule has 1 aliphatic carbocycles. The van der Waals surface area contributed by atoms with E-state index in [-0.39, 0.29) is 30.1 Å². The van der Waals surface area contributed by atoms with Gasteiger partial charge in [0.1, 0.15) is 5.60 Å². The Morgan fingerprint density at radius 1 is 1.06 bits per heavy atom. The van der Waals surface area contributed by atoms with Crippen LogP contribution in [0.5, 0.6) is 0 Å². The Morgan fingerprint density at radius 3 is 2.25 bits per heavy atom. The van der Waals surface area contributed by atoms with Crippen molar-refractivity contribution in [2.24, 2.45) is 0 Å². The molecule has 0 radical (unpaired) electrons. The van der Waals surface area contributed by atoms with Crippen LogP contribution in [0.15, 0.2) is 48.5 Å². The Balaban J connectivity index is 1.58. The Hall–Kier alpha value is -3.06. The highest BCUT2D eigenvalue weighted by atomic mass is 16.6. The summed E-state index contributed by atoms with van der Waals surface area (Å²) in [5.41, 5.74) is 2.43. The summed E-state index contributed by atoms with van der Waals surface area (Å²) in [5, 5.41) is 17.9. The number of anilines is 2. The van der Waals surface area contributed by atoms with E-state index in [0.717, 1.165) is 24.1 Å². The average molecular weight is 440 g/mol. The number of benzene rings is 2. The lowest BCUT2D eigenvalue weighted by molar-refractivity contribution is 0.0492. The molecule has 0 aliphatic heterocycles. The molecule has 7 heteroatoms. The molecule has 2 aromatic carbocycles. The van der Waals surface area contributed by atoms with Gasteiger partial charge < -0.3 is 25.8 Å². The van der Waals surface area contributed by atoms with Crippen molar-refractivity contribution in [3.8, 4) is 0 Å². The number of ether oxygens (including phenoxy) is 1. The van der Waals surface area contributed by atoms with E-state index in [9.17, 15) is 9.59 Å². The van der Waals surface area contributed by atoms with E-state index < -0.39 is 5.60 Å². The lowest BCUT2D eigenvalue weighted by Gasteiger charge is -2.23. The predicted molar refractivity (Wildman–Crippen MR) is 126 cm³/mol. The maximum atomic E-state index is 12.5. The van der Waals surface area contributed by atoms with Gasteiger partial charge in [-0.05, 0) is 75.6 Å². The van der Waals surface area contributed by atoms with Crippen molar-refractivity contribution in [3.05, 3.63) is 59.7 Å². The molecule has 1 aliphatic rings. The summed E-state index contributed by atoms with van der Waals surface area (Å²) >= 11 is 0. The molecule has 0 heterocycles. The minimum Gasteiger partial charge on any atom is -0.444 e. The summed E-state index contributed by atoms with van der Waals surface area (Å²) in [6, 6.07) is 14.9. The number of amides is 2. The van der Waals surface area contributed by atoms with Crippen molar-refractivity contribution in [1.82, 2.24) is 5.32 Å². The van der Waals surface area contributed by atoms with Crippen molar-refractivity contribution in [3.63, 3.8) is 0 Å². The van der Waals surface area contributed by atoms with Crippen LogP contribution in [-0.4, -0.2) is 41.4 Å². The highest BCUT2D eigenvalue weighted by molar-refractivity contribution is 6.04. The largest absolute Gasteiger partial charge is 0.444 e. The molecule has 2 unspecified atom stereocenters. The van der Waals surface area contributed by atoms with E-state index in [1.54, 1.807) is 12.1 Å². The number of alkyl carbamates (subject to hydrolysis) is 1. The fourth-order valence-electron chi connectivity index (χ4n) is 3.81. The highest BCUT2D eigenvalue weighted by Crippen LogP contribution is 2.53. The molecule has 0 bridgehead atoms. The van der Waals surface area contributed by atoms with Crippen LogP contribution in [0.3, 0.4) is 0 Å². The number of rotatable bonds is 8. The van der Waals surface area contributed by atoms with Crippen LogP contribution in [0.1, 0.15) is 62.4 Å². The van der Waals surface area contributed by atoms with Gasteiger partial charge in [-0.15, -0.1) is 0 Å². The molecule has 3 rings (SSSR count). The molecule has 0 spiro atoms. The van der Waals surface area contributed by atoms with Crippen LogP contribution in [0.2, 0.25) is 0 Å². The summed E-state index contributed by atoms with van der Waals surface area (Å²) in [5.74, 6) is 0.0381. The van der Waals surface area contributed by atoms with E-state index in [2.05, 4.69) is 22.9 Å². The van der Waals surface area contributed by atoms with Gasteiger partial charge in [0.2, 0.25) is 0 Å². The SMILES string of the molecule is CCC1(NC(=O)OC(C)(C)C)CC1c1ccc(NC(=O)c2ccc(NCCO)cc2)cc1.